The van der Waals surface area contributed by atoms with Crippen molar-refractivity contribution in [3.63, 3.8) is 0 Å². The summed E-state index contributed by atoms with van der Waals surface area (Å²) in [5, 5.41) is 10.7. The van der Waals surface area contributed by atoms with Crippen LogP contribution in [0.1, 0.15) is 37.6 Å². The Morgan fingerprint density at radius 1 is 1.40 bits per heavy atom. The van der Waals surface area contributed by atoms with Crippen LogP contribution in [0.3, 0.4) is 0 Å². The standard InChI is InChI=1S/C14H19NO5/c1-10(16)12-9-11(15(17)18)5-6-13(12)20-8-7-14(2,3)19-4/h5-6,9H,7-8H2,1-4H3. The van der Waals surface area contributed by atoms with Gasteiger partial charge in [0.2, 0.25) is 0 Å². The van der Waals surface area contributed by atoms with Crippen LogP contribution in [-0.4, -0.2) is 30.0 Å². The van der Waals surface area contributed by atoms with E-state index in [1.54, 1.807) is 7.11 Å². The first-order chi connectivity index (χ1) is 9.26. The van der Waals surface area contributed by atoms with Crippen LogP contribution in [0.25, 0.3) is 0 Å². The SMILES string of the molecule is COC(C)(C)CCOc1ccc([N+](=O)[O-])cc1C(C)=O. The number of nitro benzene ring substituents is 1. The Morgan fingerprint density at radius 3 is 2.55 bits per heavy atom. The van der Waals surface area contributed by atoms with E-state index in [2.05, 4.69) is 0 Å². The smallest absolute Gasteiger partial charge is 0.270 e. The molecule has 0 aromatic heterocycles. The maximum atomic E-state index is 11.5. The second kappa shape index (κ2) is 6.47. The number of hydrogen-bond acceptors (Lipinski definition) is 5. The Balaban J connectivity index is 2.85. The van der Waals surface area contributed by atoms with Crippen LogP contribution in [-0.2, 0) is 4.74 Å². The van der Waals surface area contributed by atoms with Gasteiger partial charge in [-0.05, 0) is 26.8 Å². The zero-order valence-corrected chi connectivity index (χ0v) is 12.1. The van der Waals surface area contributed by atoms with Crippen LogP contribution in [0.5, 0.6) is 5.75 Å². The van der Waals surface area contributed by atoms with Crippen LogP contribution >= 0.6 is 0 Å². The van der Waals surface area contributed by atoms with Gasteiger partial charge in [0.05, 0.1) is 22.7 Å². The predicted molar refractivity (Wildman–Crippen MR) is 74.3 cm³/mol. The van der Waals surface area contributed by atoms with Gasteiger partial charge in [0.1, 0.15) is 5.75 Å². The van der Waals surface area contributed by atoms with Crippen LogP contribution in [0.2, 0.25) is 0 Å². The minimum Gasteiger partial charge on any atom is -0.493 e. The van der Waals surface area contributed by atoms with Gasteiger partial charge in [-0.15, -0.1) is 0 Å². The average molecular weight is 281 g/mol. The number of nitro groups is 1. The summed E-state index contributed by atoms with van der Waals surface area (Å²) in [6.07, 6.45) is 0.637. The Bertz CT molecular complexity index is 510. The molecular weight excluding hydrogens is 262 g/mol. The molecule has 0 aliphatic rings. The summed E-state index contributed by atoms with van der Waals surface area (Å²) in [6.45, 7) is 5.57. The van der Waals surface area contributed by atoms with Gasteiger partial charge in [0.15, 0.2) is 5.78 Å². The molecule has 1 aromatic carbocycles. The Hall–Kier alpha value is -1.95. The average Bonchev–Trinajstić information content (AvgIpc) is 2.38. The molecule has 1 rings (SSSR count). The van der Waals surface area contributed by atoms with Crippen molar-refractivity contribution in [2.24, 2.45) is 0 Å². The zero-order valence-electron chi connectivity index (χ0n) is 12.1. The molecule has 0 spiro atoms. The molecular formula is C14H19NO5. The molecule has 0 fully saturated rings. The number of ether oxygens (including phenoxy) is 2. The molecule has 0 aliphatic heterocycles. The van der Waals surface area contributed by atoms with Crippen molar-refractivity contribution in [2.45, 2.75) is 32.8 Å². The third-order valence-electron chi connectivity index (χ3n) is 3.07. The van der Waals surface area contributed by atoms with Gasteiger partial charge in [-0.3, -0.25) is 14.9 Å². The Morgan fingerprint density at radius 2 is 2.05 bits per heavy atom. The molecule has 0 saturated heterocycles. The highest BCUT2D eigenvalue weighted by atomic mass is 16.6. The van der Waals surface area contributed by atoms with E-state index in [0.29, 0.717) is 18.8 Å². The van der Waals surface area contributed by atoms with Gasteiger partial charge in [0, 0.05) is 25.7 Å². The highest BCUT2D eigenvalue weighted by Gasteiger charge is 2.18. The normalized spacial score (nSPS) is 11.2. The molecule has 0 saturated carbocycles. The third-order valence-corrected chi connectivity index (χ3v) is 3.07. The molecule has 0 amide bonds. The molecule has 0 aliphatic carbocycles. The zero-order chi connectivity index (χ0) is 15.3. The molecule has 0 N–H and O–H groups in total. The summed E-state index contributed by atoms with van der Waals surface area (Å²) in [4.78, 5) is 21.7. The first-order valence-corrected chi connectivity index (χ1v) is 6.24. The topological polar surface area (TPSA) is 78.7 Å². The maximum Gasteiger partial charge on any atom is 0.270 e. The number of carbonyl (C=O) groups excluding carboxylic acids is 1. The van der Waals surface area contributed by atoms with E-state index in [4.69, 9.17) is 9.47 Å². The van der Waals surface area contributed by atoms with Gasteiger partial charge in [-0.2, -0.15) is 0 Å². The van der Waals surface area contributed by atoms with E-state index in [1.165, 1.54) is 25.1 Å². The van der Waals surface area contributed by atoms with Crippen molar-refractivity contribution in [3.8, 4) is 5.75 Å². The lowest BCUT2D eigenvalue weighted by Gasteiger charge is -2.22. The minimum atomic E-state index is -0.537. The number of non-ortho nitro benzene ring substituents is 1. The van der Waals surface area contributed by atoms with Gasteiger partial charge in [-0.25, -0.2) is 0 Å². The number of rotatable bonds is 7. The van der Waals surface area contributed by atoms with Crippen molar-refractivity contribution in [3.05, 3.63) is 33.9 Å². The summed E-state index contributed by atoms with van der Waals surface area (Å²) < 4.78 is 10.8. The molecule has 1 aromatic rings. The Kier molecular flexibility index (Phi) is 5.21. The lowest BCUT2D eigenvalue weighted by Crippen LogP contribution is -2.25. The highest BCUT2D eigenvalue weighted by Crippen LogP contribution is 2.25. The van der Waals surface area contributed by atoms with Crippen molar-refractivity contribution in [2.75, 3.05) is 13.7 Å². The number of nitrogens with zero attached hydrogens (tertiary/aromatic N) is 1. The van der Waals surface area contributed by atoms with Crippen LogP contribution < -0.4 is 4.74 Å². The summed E-state index contributed by atoms with van der Waals surface area (Å²) in [5.74, 6) is 0.0877. The van der Waals surface area contributed by atoms with Crippen molar-refractivity contribution in [1.29, 1.82) is 0 Å². The monoisotopic (exact) mass is 281 g/mol. The molecule has 20 heavy (non-hydrogen) atoms. The number of carbonyl (C=O) groups is 1. The second-order valence-corrected chi connectivity index (χ2v) is 5.06. The fourth-order valence-corrected chi connectivity index (χ4v) is 1.54. The van der Waals surface area contributed by atoms with Gasteiger partial charge in [-0.1, -0.05) is 0 Å². The first kappa shape index (κ1) is 16.1. The molecule has 6 nitrogen and oxygen atoms in total. The second-order valence-electron chi connectivity index (χ2n) is 5.06. The van der Waals surface area contributed by atoms with Gasteiger partial charge >= 0.3 is 0 Å². The van der Waals surface area contributed by atoms with E-state index in [1.807, 2.05) is 13.8 Å². The van der Waals surface area contributed by atoms with E-state index >= 15 is 0 Å². The first-order valence-electron chi connectivity index (χ1n) is 6.24. The summed E-state index contributed by atoms with van der Waals surface area (Å²) >= 11 is 0. The van der Waals surface area contributed by atoms with E-state index in [9.17, 15) is 14.9 Å². The molecule has 0 unspecified atom stereocenters. The van der Waals surface area contributed by atoms with Crippen LogP contribution in [0.4, 0.5) is 5.69 Å². The predicted octanol–water partition coefficient (Wildman–Crippen LogP) is 2.99. The summed E-state index contributed by atoms with van der Waals surface area (Å²) in [5.41, 5.74) is -0.230. The van der Waals surface area contributed by atoms with E-state index < -0.39 is 4.92 Å². The fraction of sp³-hybridized carbons (Fsp3) is 0.500. The van der Waals surface area contributed by atoms with Crippen LogP contribution in [0, 0.1) is 10.1 Å². The number of Topliss-reactive ketones (excluding diaryl/α,β-unsaturated/α-hetero) is 1. The lowest BCUT2D eigenvalue weighted by molar-refractivity contribution is -0.384. The third kappa shape index (κ3) is 4.31. The lowest BCUT2D eigenvalue weighted by atomic mass is 10.1. The number of ketones is 1. The van der Waals surface area contributed by atoms with Gasteiger partial charge in [0.25, 0.3) is 5.69 Å². The maximum absolute atomic E-state index is 11.5. The van der Waals surface area contributed by atoms with E-state index in [0.717, 1.165) is 0 Å². The van der Waals surface area contributed by atoms with Crippen LogP contribution in [0.15, 0.2) is 18.2 Å². The molecule has 110 valence electrons. The molecule has 0 bridgehead atoms. The number of methoxy groups -OCH3 is 1. The minimum absolute atomic E-state index is 0.125. The van der Waals surface area contributed by atoms with Crippen molar-refractivity contribution in [1.82, 2.24) is 0 Å². The molecule has 6 heteroatoms. The quantitative estimate of drug-likeness (QED) is 0.436. The van der Waals surface area contributed by atoms with Gasteiger partial charge < -0.3 is 9.47 Å². The highest BCUT2D eigenvalue weighted by molar-refractivity contribution is 5.97. The summed E-state index contributed by atoms with van der Waals surface area (Å²) in [6, 6.07) is 4.01. The summed E-state index contributed by atoms with van der Waals surface area (Å²) in [7, 11) is 1.62. The molecule has 0 atom stereocenters. The number of hydrogen-bond donors (Lipinski definition) is 0. The number of benzene rings is 1. The molecule has 0 heterocycles. The largest absolute Gasteiger partial charge is 0.493 e. The van der Waals surface area contributed by atoms with E-state index in [-0.39, 0.29) is 22.6 Å². The fourth-order valence-electron chi connectivity index (χ4n) is 1.54. The van der Waals surface area contributed by atoms with Crippen molar-refractivity contribution >= 4 is 11.5 Å². The molecule has 0 radical (unpaired) electrons. The Labute approximate surface area is 117 Å². The van der Waals surface area contributed by atoms with Crippen molar-refractivity contribution < 1.29 is 19.2 Å².